The van der Waals surface area contributed by atoms with Gasteiger partial charge in [-0.3, -0.25) is 0 Å². The predicted octanol–water partition coefficient (Wildman–Crippen LogP) is 13.3. The summed E-state index contributed by atoms with van der Waals surface area (Å²) in [5, 5.41) is 0. The van der Waals surface area contributed by atoms with Crippen LogP contribution in [0, 0.1) is 11.8 Å². The molecule has 0 bridgehead atoms. The molecule has 2 unspecified atom stereocenters. The first-order valence-electron chi connectivity index (χ1n) is 18.5. The molecule has 1 heteroatoms. The van der Waals surface area contributed by atoms with Crippen LogP contribution in [0.15, 0.2) is 0 Å². The van der Waals surface area contributed by atoms with E-state index in [0.717, 1.165) is 18.4 Å². The summed E-state index contributed by atoms with van der Waals surface area (Å²) in [6, 6.07) is 0. The van der Waals surface area contributed by atoms with Gasteiger partial charge in [-0.05, 0) is 24.8 Å². The second kappa shape index (κ2) is 33.2. The molecule has 0 aliphatic carbocycles. The topological polar surface area (TPSA) is 26.0 Å². The van der Waals surface area contributed by atoms with Gasteiger partial charge in [-0.2, -0.15) is 0 Å². The summed E-state index contributed by atoms with van der Waals surface area (Å²) in [6.07, 6.45) is 45.1. The van der Waals surface area contributed by atoms with Gasteiger partial charge in [0, 0.05) is 0 Å². The van der Waals surface area contributed by atoms with Gasteiger partial charge in [0.05, 0.1) is 0 Å². The van der Waals surface area contributed by atoms with Crippen LogP contribution < -0.4 is 5.73 Å². The van der Waals surface area contributed by atoms with E-state index in [1.165, 1.54) is 199 Å². The zero-order chi connectivity index (χ0) is 27.8. The van der Waals surface area contributed by atoms with Crippen LogP contribution in [0.3, 0.4) is 0 Å². The minimum absolute atomic E-state index is 0.874. The van der Waals surface area contributed by atoms with Gasteiger partial charge in [-0.1, -0.05) is 213 Å². The van der Waals surface area contributed by atoms with Crippen LogP contribution in [-0.2, 0) is 0 Å². The lowest BCUT2D eigenvalue weighted by molar-refractivity contribution is 0.236. The van der Waals surface area contributed by atoms with Crippen molar-refractivity contribution in [2.45, 2.75) is 220 Å². The zero-order valence-corrected chi connectivity index (χ0v) is 27.4. The lowest BCUT2D eigenvalue weighted by Crippen LogP contribution is -2.16. The standard InChI is InChI=1S/C37H77N/c1-4-7-10-13-16-17-18-23-28-33-36(31-26-21-14-11-8-5-2)37(32-27-22-15-12-9-6-3)34-29-24-19-20-25-30-35-38/h36-37H,4-35,38H2,1-3H3. The van der Waals surface area contributed by atoms with Gasteiger partial charge in [0.1, 0.15) is 0 Å². The Morgan fingerprint density at radius 2 is 0.500 bits per heavy atom. The number of hydrogen-bond donors (Lipinski definition) is 1. The van der Waals surface area contributed by atoms with E-state index in [0.29, 0.717) is 0 Å². The average Bonchev–Trinajstić information content (AvgIpc) is 2.93. The number of hydrogen-bond acceptors (Lipinski definition) is 1. The Kier molecular flexibility index (Phi) is 33.1. The average molecular weight is 536 g/mol. The lowest BCUT2D eigenvalue weighted by Gasteiger charge is -2.28. The monoisotopic (exact) mass is 536 g/mol. The van der Waals surface area contributed by atoms with Crippen molar-refractivity contribution in [3.63, 3.8) is 0 Å². The molecule has 230 valence electrons. The van der Waals surface area contributed by atoms with E-state index >= 15 is 0 Å². The molecule has 2 N–H and O–H groups in total. The van der Waals surface area contributed by atoms with E-state index in [1.54, 1.807) is 0 Å². The zero-order valence-electron chi connectivity index (χ0n) is 27.4. The van der Waals surface area contributed by atoms with Gasteiger partial charge in [0.15, 0.2) is 0 Å². The molecule has 0 saturated heterocycles. The Labute approximate surface area is 243 Å². The highest BCUT2D eigenvalue weighted by molar-refractivity contribution is 4.72. The third kappa shape index (κ3) is 27.5. The second-order valence-electron chi connectivity index (χ2n) is 12.9. The Bertz CT molecular complexity index is 406. The summed E-state index contributed by atoms with van der Waals surface area (Å²) in [4.78, 5) is 0. The predicted molar refractivity (Wildman–Crippen MR) is 176 cm³/mol. The molecule has 0 aliphatic rings. The first-order chi connectivity index (χ1) is 18.8. The van der Waals surface area contributed by atoms with Crippen molar-refractivity contribution in [3.8, 4) is 0 Å². The van der Waals surface area contributed by atoms with Gasteiger partial charge < -0.3 is 5.73 Å². The molecule has 0 aromatic heterocycles. The first-order valence-corrected chi connectivity index (χ1v) is 18.5. The number of unbranched alkanes of at least 4 members (excludes halogenated alkanes) is 23. The fourth-order valence-electron chi connectivity index (χ4n) is 6.58. The van der Waals surface area contributed by atoms with Crippen LogP contribution in [0.5, 0.6) is 0 Å². The van der Waals surface area contributed by atoms with Crippen molar-refractivity contribution in [2.75, 3.05) is 6.54 Å². The summed E-state index contributed by atoms with van der Waals surface area (Å²) in [7, 11) is 0. The molecule has 0 amide bonds. The Hall–Kier alpha value is -0.0400. The molecule has 0 saturated carbocycles. The largest absolute Gasteiger partial charge is 0.330 e. The summed E-state index contributed by atoms with van der Waals surface area (Å²) >= 11 is 0. The molecule has 0 aliphatic heterocycles. The third-order valence-corrected chi connectivity index (χ3v) is 9.23. The molecule has 38 heavy (non-hydrogen) atoms. The summed E-state index contributed by atoms with van der Waals surface area (Å²) in [5.41, 5.74) is 5.69. The van der Waals surface area contributed by atoms with Gasteiger partial charge in [0.2, 0.25) is 0 Å². The van der Waals surface area contributed by atoms with E-state index in [9.17, 15) is 0 Å². The minimum atomic E-state index is 0.874. The van der Waals surface area contributed by atoms with Crippen LogP contribution in [0.4, 0.5) is 0 Å². The molecule has 1 nitrogen and oxygen atoms in total. The highest BCUT2D eigenvalue weighted by atomic mass is 14.5. The highest BCUT2D eigenvalue weighted by Gasteiger charge is 2.20. The van der Waals surface area contributed by atoms with Gasteiger partial charge in [0.25, 0.3) is 0 Å². The van der Waals surface area contributed by atoms with Crippen molar-refractivity contribution in [3.05, 3.63) is 0 Å². The van der Waals surface area contributed by atoms with Gasteiger partial charge in [-0.15, -0.1) is 0 Å². The SMILES string of the molecule is CCCCCCCCCCCC(CCCCCCCC)C(CCCCCCCC)CCCCCCCCN. The van der Waals surface area contributed by atoms with Crippen molar-refractivity contribution >= 4 is 0 Å². The van der Waals surface area contributed by atoms with Crippen LogP contribution >= 0.6 is 0 Å². The lowest BCUT2D eigenvalue weighted by atomic mass is 9.78. The summed E-state index contributed by atoms with van der Waals surface area (Å²) < 4.78 is 0. The molecular formula is C37H77N. The fraction of sp³-hybridized carbons (Fsp3) is 1.00. The Morgan fingerprint density at radius 1 is 0.289 bits per heavy atom. The van der Waals surface area contributed by atoms with Crippen molar-refractivity contribution in [1.29, 1.82) is 0 Å². The maximum atomic E-state index is 5.69. The minimum Gasteiger partial charge on any atom is -0.330 e. The van der Waals surface area contributed by atoms with Crippen molar-refractivity contribution in [2.24, 2.45) is 17.6 Å². The van der Waals surface area contributed by atoms with Crippen molar-refractivity contribution < 1.29 is 0 Å². The van der Waals surface area contributed by atoms with Gasteiger partial charge in [-0.25, -0.2) is 0 Å². The summed E-state index contributed by atoms with van der Waals surface area (Å²) in [5.74, 6) is 2.02. The third-order valence-electron chi connectivity index (χ3n) is 9.23. The molecule has 2 atom stereocenters. The van der Waals surface area contributed by atoms with E-state index in [-0.39, 0.29) is 0 Å². The fourth-order valence-corrected chi connectivity index (χ4v) is 6.58. The summed E-state index contributed by atoms with van der Waals surface area (Å²) in [6.45, 7) is 7.88. The molecule has 0 fully saturated rings. The van der Waals surface area contributed by atoms with Crippen LogP contribution in [0.2, 0.25) is 0 Å². The van der Waals surface area contributed by atoms with E-state index < -0.39 is 0 Å². The smallest absolute Gasteiger partial charge is 0.00773 e. The Morgan fingerprint density at radius 3 is 0.737 bits per heavy atom. The highest BCUT2D eigenvalue weighted by Crippen LogP contribution is 2.33. The second-order valence-corrected chi connectivity index (χ2v) is 12.9. The maximum Gasteiger partial charge on any atom is -0.00773 e. The van der Waals surface area contributed by atoms with Crippen molar-refractivity contribution in [1.82, 2.24) is 0 Å². The molecule has 0 radical (unpaired) electrons. The van der Waals surface area contributed by atoms with E-state index in [4.69, 9.17) is 5.73 Å². The number of rotatable bonds is 33. The quantitative estimate of drug-likeness (QED) is 0.0830. The molecule has 0 aromatic rings. The molecule has 0 aromatic carbocycles. The van der Waals surface area contributed by atoms with Gasteiger partial charge >= 0.3 is 0 Å². The van der Waals surface area contributed by atoms with Crippen LogP contribution in [-0.4, -0.2) is 6.54 Å². The Balaban J connectivity index is 4.66. The van der Waals surface area contributed by atoms with Crippen LogP contribution in [0.1, 0.15) is 220 Å². The van der Waals surface area contributed by atoms with E-state index in [1.807, 2.05) is 0 Å². The molecule has 0 rings (SSSR count). The first kappa shape index (κ1) is 38.0. The molecular weight excluding hydrogens is 458 g/mol. The number of nitrogens with two attached hydrogens (primary N) is 1. The maximum absolute atomic E-state index is 5.69. The van der Waals surface area contributed by atoms with E-state index in [2.05, 4.69) is 20.8 Å². The normalized spacial score (nSPS) is 13.3. The molecule has 0 heterocycles. The molecule has 0 spiro atoms. The van der Waals surface area contributed by atoms with Crippen LogP contribution in [0.25, 0.3) is 0 Å².